The molecule has 1 unspecified atom stereocenters. The summed E-state index contributed by atoms with van der Waals surface area (Å²) in [5, 5.41) is 15.2. The van der Waals surface area contributed by atoms with Crippen molar-refractivity contribution in [3.63, 3.8) is 0 Å². The van der Waals surface area contributed by atoms with Crippen LogP contribution in [0.15, 0.2) is 24.3 Å². The molecule has 7 nitrogen and oxygen atoms in total. The highest BCUT2D eigenvalue weighted by molar-refractivity contribution is 7.15. The second-order valence-electron chi connectivity index (χ2n) is 7.07. The molecule has 1 aromatic heterocycles. The van der Waals surface area contributed by atoms with Crippen molar-refractivity contribution in [2.24, 2.45) is 5.92 Å². The van der Waals surface area contributed by atoms with Crippen LogP contribution in [-0.4, -0.2) is 34.7 Å². The fourth-order valence-corrected chi connectivity index (χ4v) is 3.59. The second-order valence-corrected chi connectivity index (χ2v) is 8.13. The van der Waals surface area contributed by atoms with Crippen LogP contribution < -0.4 is 15.4 Å². The highest BCUT2D eigenvalue weighted by Crippen LogP contribution is 2.20. The minimum atomic E-state index is -0.704. The number of carbonyl (C=O) groups is 2. The van der Waals surface area contributed by atoms with Crippen molar-refractivity contribution >= 4 is 28.3 Å². The largest absolute Gasteiger partial charge is 0.493 e. The van der Waals surface area contributed by atoms with Crippen LogP contribution in [-0.2, 0) is 11.2 Å². The molecule has 1 aromatic carbocycles. The van der Waals surface area contributed by atoms with Gasteiger partial charge in [-0.1, -0.05) is 57.1 Å². The van der Waals surface area contributed by atoms with Crippen molar-refractivity contribution in [2.45, 2.75) is 59.4 Å². The summed E-state index contributed by atoms with van der Waals surface area (Å²) in [6, 6.07) is 6.29. The Labute approximate surface area is 176 Å². The third kappa shape index (κ3) is 6.81. The van der Waals surface area contributed by atoms with Crippen LogP contribution in [0.5, 0.6) is 5.75 Å². The summed E-state index contributed by atoms with van der Waals surface area (Å²) in [5.74, 6) is -0.259. The van der Waals surface area contributed by atoms with E-state index in [0.717, 1.165) is 30.7 Å². The monoisotopic (exact) mass is 418 g/mol. The molecular weight excluding hydrogens is 388 g/mol. The van der Waals surface area contributed by atoms with Gasteiger partial charge in [-0.25, -0.2) is 0 Å². The van der Waals surface area contributed by atoms with E-state index in [2.05, 4.69) is 27.8 Å². The smallest absolute Gasteiger partial charge is 0.255 e. The number of aromatic nitrogens is 2. The van der Waals surface area contributed by atoms with Crippen LogP contribution in [0.3, 0.4) is 0 Å². The predicted molar refractivity (Wildman–Crippen MR) is 115 cm³/mol. The minimum Gasteiger partial charge on any atom is -0.493 e. The molecule has 1 heterocycles. The van der Waals surface area contributed by atoms with Crippen molar-refractivity contribution in [2.75, 3.05) is 11.9 Å². The fraction of sp³-hybridized carbons (Fsp3) is 0.524. The number of benzene rings is 1. The van der Waals surface area contributed by atoms with E-state index in [1.807, 2.05) is 26.8 Å². The number of carbonyl (C=O) groups excluding carboxylic acids is 2. The Balaban J connectivity index is 2.04. The number of anilines is 1. The van der Waals surface area contributed by atoms with E-state index >= 15 is 0 Å². The van der Waals surface area contributed by atoms with Gasteiger partial charge in [0.1, 0.15) is 16.8 Å². The van der Waals surface area contributed by atoms with E-state index < -0.39 is 6.04 Å². The van der Waals surface area contributed by atoms with Crippen molar-refractivity contribution < 1.29 is 14.3 Å². The van der Waals surface area contributed by atoms with Crippen molar-refractivity contribution in [1.82, 2.24) is 15.5 Å². The molecule has 158 valence electrons. The van der Waals surface area contributed by atoms with Gasteiger partial charge < -0.3 is 10.1 Å². The maximum Gasteiger partial charge on any atom is 0.255 e. The molecule has 29 heavy (non-hydrogen) atoms. The number of ether oxygens (including phenoxy) is 1. The number of hydrogen-bond donors (Lipinski definition) is 2. The van der Waals surface area contributed by atoms with Crippen LogP contribution in [0.2, 0.25) is 0 Å². The SMILES string of the molecule is CCCCCc1nnc(NC(=O)C(NC(=O)c2ccccc2OCC)C(C)C)s1. The summed E-state index contributed by atoms with van der Waals surface area (Å²) in [6.45, 7) is 8.23. The molecule has 0 aliphatic carbocycles. The fourth-order valence-electron chi connectivity index (χ4n) is 2.80. The van der Waals surface area contributed by atoms with Crippen LogP contribution in [0.1, 0.15) is 62.3 Å². The molecule has 2 aromatic rings. The topological polar surface area (TPSA) is 93.2 Å². The number of amides is 2. The van der Waals surface area contributed by atoms with Gasteiger partial charge in [0.2, 0.25) is 11.0 Å². The Kier molecular flexibility index (Phi) is 9.05. The Morgan fingerprint density at radius 3 is 2.59 bits per heavy atom. The van der Waals surface area contributed by atoms with E-state index in [4.69, 9.17) is 4.74 Å². The molecule has 0 saturated carbocycles. The molecule has 0 bridgehead atoms. The van der Waals surface area contributed by atoms with Gasteiger partial charge in [0.25, 0.3) is 5.91 Å². The first-order chi connectivity index (χ1) is 14.0. The van der Waals surface area contributed by atoms with Crippen molar-refractivity contribution in [3.8, 4) is 5.75 Å². The van der Waals surface area contributed by atoms with Crippen LogP contribution >= 0.6 is 11.3 Å². The summed E-state index contributed by atoms with van der Waals surface area (Å²) < 4.78 is 5.52. The Morgan fingerprint density at radius 2 is 1.90 bits per heavy atom. The van der Waals surface area contributed by atoms with E-state index in [1.165, 1.54) is 11.3 Å². The maximum atomic E-state index is 12.8. The van der Waals surface area contributed by atoms with Gasteiger partial charge in [-0.15, -0.1) is 10.2 Å². The maximum absolute atomic E-state index is 12.8. The zero-order chi connectivity index (χ0) is 21.2. The van der Waals surface area contributed by atoms with Gasteiger partial charge in [0, 0.05) is 6.42 Å². The summed E-state index contributed by atoms with van der Waals surface area (Å²) in [6.07, 6.45) is 4.21. The zero-order valence-corrected chi connectivity index (χ0v) is 18.3. The van der Waals surface area contributed by atoms with Gasteiger partial charge in [-0.05, 0) is 31.4 Å². The summed E-state index contributed by atoms with van der Waals surface area (Å²) in [7, 11) is 0. The molecule has 0 radical (unpaired) electrons. The summed E-state index contributed by atoms with van der Waals surface area (Å²) >= 11 is 1.38. The van der Waals surface area contributed by atoms with Crippen molar-refractivity contribution in [1.29, 1.82) is 0 Å². The highest BCUT2D eigenvalue weighted by atomic mass is 32.1. The molecule has 0 aliphatic heterocycles. The number of nitrogens with zero attached hydrogens (tertiary/aromatic N) is 2. The third-order valence-electron chi connectivity index (χ3n) is 4.36. The molecular formula is C21H30N4O3S. The third-order valence-corrected chi connectivity index (χ3v) is 5.26. The number of rotatable bonds is 11. The number of nitrogens with one attached hydrogen (secondary N) is 2. The number of hydrogen-bond acceptors (Lipinski definition) is 6. The molecule has 2 amide bonds. The standard InChI is InChI=1S/C21H30N4O3S/c1-5-7-8-13-17-24-25-21(29-17)23-20(27)18(14(3)4)22-19(26)15-11-9-10-12-16(15)28-6-2/h9-12,14,18H,5-8,13H2,1-4H3,(H,22,26)(H,23,25,27). The van der Waals surface area contributed by atoms with Crippen LogP contribution in [0, 0.1) is 5.92 Å². The molecule has 0 spiro atoms. The predicted octanol–water partition coefficient (Wildman–Crippen LogP) is 4.06. The quantitative estimate of drug-likeness (QED) is 0.537. The highest BCUT2D eigenvalue weighted by Gasteiger charge is 2.26. The Morgan fingerprint density at radius 1 is 1.14 bits per heavy atom. The summed E-state index contributed by atoms with van der Waals surface area (Å²) in [4.78, 5) is 25.5. The molecule has 2 N–H and O–H groups in total. The van der Waals surface area contributed by atoms with E-state index in [-0.39, 0.29) is 17.7 Å². The molecule has 0 fully saturated rings. The molecule has 8 heteroatoms. The van der Waals surface area contributed by atoms with Gasteiger partial charge in [-0.2, -0.15) is 0 Å². The molecule has 1 atom stereocenters. The second kappa shape index (κ2) is 11.5. The van der Waals surface area contributed by atoms with Crippen LogP contribution in [0.25, 0.3) is 0 Å². The first kappa shape index (κ1) is 22.8. The van der Waals surface area contributed by atoms with Gasteiger partial charge in [0.15, 0.2) is 0 Å². The zero-order valence-electron chi connectivity index (χ0n) is 17.5. The molecule has 0 aliphatic rings. The molecule has 0 saturated heterocycles. The Hall–Kier alpha value is -2.48. The minimum absolute atomic E-state index is 0.102. The number of unbranched alkanes of at least 4 members (excludes halogenated alkanes) is 2. The number of aryl methyl sites for hydroxylation is 1. The van der Waals surface area contributed by atoms with E-state index in [0.29, 0.717) is 23.1 Å². The van der Waals surface area contributed by atoms with Crippen molar-refractivity contribution in [3.05, 3.63) is 34.8 Å². The van der Waals surface area contributed by atoms with E-state index in [1.54, 1.807) is 18.2 Å². The first-order valence-corrected chi connectivity index (χ1v) is 10.9. The molecule has 2 rings (SSSR count). The van der Waals surface area contributed by atoms with Gasteiger partial charge >= 0.3 is 0 Å². The van der Waals surface area contributed by atoms with Crippen LogP contribution in [0.4, 0.5) is 5.13 Å². The lowest BCUT2D eigenvalue weighted by molar-refractivity contribution is -0.118. The average molecular weight is 419 g/mol. The normalized spacial score (nSPS) is 11.9. The van der Waals surface area contributed by atoms with Gasteiger partial charge in [0.05, 0.1) is 12.2 Å². The lowest BCUT2D eigenvalue weighted by Gasteiger charge is -2.21. The summed E-state index contributed by atoms with van der Waals surface area (Å²) in [5.41, 5.74) is 0.405. The average Bonchev–Trinajstić information content (AvgIpc) is 3.13. The Bertz CT molecular complexity index is 807. The lowest BCUT2D eigenvalue weighted by Crippen LogP contribution is -2.47. The first-order valence-electron chi connectivity index (χ1n) is 10.1. The van der Waals surface area contributed by atoms with E-state index in [9.17, 15) is 9.59 Å². The lowest BCUT2D eigenvalue weighted by atomic mass is 10.0. The van der Waals surface area contributed by atoms with Gasteiger partial charge in [-0.3, -0.25) is 14.9 Å². The number of para-hydroxylation sites is 1.